The van der Waals surface area contributed by atoms with Crippen molar-refractivity contribution in [3.63, 3.8) is 0 Å². The number of nitrogens with zero attached hydrogens (tertiary/aromatic N) is 3. The van der Waals surface area contributed by atoms with Gasteiger partial charge in [-0.2, -0.15) is 5.26 Å². The summed E-state index contributed by atoms with van der Waals surface area (Å²) < 4.78 is 0. The van der Waals surface area contributed by atoms with E-state index >= 15 is 0 Å². The van der Waals surface area contributed by atoms with Crippen LogP contribution in [0.2, 0.25) is 5.02 Å². The summed E-state index contributed by atoms with van der Waals surface area (Å²) in [5.74, 6) is 0.133. The van der Waals surface area contributed by atoms with Gasteiger partial charge >= 0.3 is 0 Å². The van der Waals surface area contributed by atoms with Gasteiger partial charge in [0.15, 0.2) is 0 Å². The van der Waals surface area contributed by atoms with E-state index in [1.54, 1.807) is 27.1 Å². The topological polar surface area (TPSA) is 69.0 Å². The molecule has 1 rings (SSSR count). The predicted octanol–water partition coefficient (Wildman–Crippen LogP) is 2.01. The van der Waals surface area contributed by atoms with E-state index < -0.39 is 0 Å². The lowest BCUT2D eigenvalue weighted by molar-refractivity contribution is 0.0785. The number of hydrogen-bond donors (Lipinski definition) is 1. The number of amides is 1. The molecule has 1 aromatic rings. The minimum absolute atomic E-state index is 0.219. The lowest BCUT2D eigenvalue weighted by Gasteiger charge is -2.19. The Morgan fingerprint density at radius 3 is 2.94 bits per heavy atom. The van der Waals surface area contributed by atoms with E-state index in [-0.39, 0.29) is 11.8 Å². The molecule has 1 heterocycles. The van der Waals surface area contributed by atoms with E-state index in [4.69, 9.17) is 16.9 Å². The van der Waals surface area contributed by atoms with E-state index in [1.807, 2.05) is 0 Å². The molecule has 0 aliphatic carbocycles. The number of rotatable bonds is 4. The van der Waals surface area contributed by atoms with E-state index in [0.29, 0.717) is 22.9 Å². The maximum absolute atomic E-state index is 12.2. The Balaban J connectivity index is 2.93. The zero-order valence-corrected chi connectivity index (χ0v) is 11.3. The Morgan fingerprint density at radius 1 is 1.72 bits per heavy atom. The van der Waals surface area contributed by atoms with Crippen LogP contribution >= 0.6 is 11.6 Å². The molecule has 0 aliphatic heterocycles. The van der Waals surface area contributed by atoms with Gasteiger partial charge in [0.05, 0.1) is 22.6 Å². The Morgan fingerprint density at radius 2 is 2.39 bits per heavy atom. The second-order valence-electron chi connectivity index (χ2n) is 4.02. The number of aromatic nitrogens is 1. The number of carbonyl (C=O) groups excluding carboxylic acids is 1. The van der Waals surface area contributed by atoms with Crippen LogP contribution in [0.15, 0.2) is 12.3 Å². The monoisotopic (exact) mass is 266 g/mol. The molecule has 0 spiro atoms. The smallest absolute Gasteiger partial charge is 0.255 e. The molecule has 0 aliphatic rings. The van der Waals surface area contributed by atoms with E-state index in [1.165, 1.54) is 11.1 Å². The number of halogens is 1. The molecule has 1 atom stereocenters. The highest BCUT2D eigenvalue weighted by atomic mass is 35.5. The molecule has 6 heteroatoms. The van der Waals surface area contributed by atoms with Gasteiger partial charge in [0.2, 0.25) is 0 Å². The molecule has 0 aromatic carbocycles. The molecule has 0 radical (unpaired) electrons. The molecule has 96 valence electrons. The van der Waals surface area contributed by atoms with Gasteiger partial charge in [-0.15, -0.1) is 0 Å². The van der Waals surface area contributed by atoms with Crippen molar-refractivity contribution in [1.82, 2.24) is 9.88 Å². The zero-order chi connectivity index (χ0) is 13.7. The van der Waals surface area contributed by atoms with Crippen LogP contribution in [0.1, 0.15) is 17.3 Å². The Bertz CT molecular complexity index is 483. The second-order valence-corrected chi connectivity index (χ2v) is 4.42. The van der Waals surface area contributed by atoms with Crippen molar-refractivity contribution in [1.29, 1.82) is 5.26 Å². The molecule has 18 heavy (non-hydrogen) atoms. The minimum atomic E-state index is -0.221. The lowest BCUT2D eigenvalue weighted by atomic mass is 10.1. The standard InChI is InChI=1S/C12H15ClN4O/c1-8(5-14)7-17(3)12(18)9-4-11(15-2)16-6-10(9)13/h4,6,8H,7H2,1-3H3,(H,15,16). The van der Waals surface area contributed by atoms with Crippen molar-refractivity contribution in [2.75, 3.05) is 26.0 Å². The van der Waals surface area contributed by atoms with Gasteiger partial charge in [-0.1, -0.05) is 11.6 Å². The molecular formula is C12H15ClN4O. The van der Waals surface area contributed by atoms with Crippen LogP contribution in [0.3, 0.4) is 0 Å². The Labute approximate surface area is 111 Å². The number of carbonyl (C=O) groups is 1. The minimum Gasteiger partial charge on any atom is -0.373 e. The number of hydrogen-bond acceptors (Lipinski definition) is 4. The summed E-state index contributed by atoms with van der Waals surface area (Å²) in [5, 5.41) is 11.9. The van der Waals surface area contributed by atoms with Crippen molar-refractivity contribution in [2.24, 2.45) is 5.92 Å². The van der Waals surface area contributed by atoms with E-state index in [0.717, 1.165) is 0 Å². The molecule has 1 aromatic heterocycles. The third-order valence-electron chi connectivity index (χ3n) is 2.46. The van der Waals surface area contributed by atoms with Crippen LogP contribution in [0.5, 0.6) is 0 Å². The van der Waals surface area contributed by atoms with Crippen molar-refractivity contribution < 1.29 is 4.79 Å². The summed E-state index contributed by atoms with van der Waals surface area (Å²) in [6, 6.07) is 3.68. The second kappa shape index (κ2) is 6.22. The average Bonchev–Trinajstić information content (AvgIpc) is 2.38. The fourth-order valence-electron chi connectivity index (χ4n) is 1.48. The van der Waals surface area contributed by atoms with Crippen LogP contribution in [-0.4, -0.2) is 36.4 Å². The molecule has 0 saturated heterocycles. The van der Waals surface area contributed by atoms with Crippen LogP contribution in [0.4, 0.5) is 5.82 Å². The summed E-state index contributed by atoms with van der Waals surface area (Å²) in [4.78, 5) is 17.7. The number of anilines is 1. The number of pyridine rings is 1. The van der Waals surface area contributed by atoms with Crippen LogP contribution < -0.4 is 5.32 Å². The summed E-state index contributed by atoms with van der Waals surface area (Å²) in [5.41, 5.74) is 0.378. The van der Waals surface area contributed by atoms with Gasteiger partial charge in [-0.05, 0) is 13.0 Å². The zero-order valence-electron chi connectivity index (χ0n) is 10.6. The molecular weight excluding hydrogens is 252 g/mol. The van der Waals surface area contributed by atoms with Gasteiger partial charge in [-0.3, -0.25) is 4.79 Å². The van der Waals surface area contributed by atoms with Crippen molar-refractivity contribution in [3.8, 4) is 6.07 Å². The highest BCUT2D eigenvalue weighted by molar-refractivity contribution is 6.33. The van der Waals surface area contributed by atoms with Crippen LogP contribution in [-0.2, 0) is 0 Å². The molecule has 1 amide bonds. The predicted molar refractivity (Wildman–Crippen MR) is 70.5 cm³/mol. The van der Waals surface area contributed by atoms with Crippen molar-refractivity contribution >= 4 is 23.3 Å². The average molecular weight is 267 g/mol. The lowest BCUT2D eigenvalue weighted by Crippen LogP contribution is -2.31. The number of nitriles is 1. The Kier molecular flexibility index (Phi) is 4.93. The molecule has 0 saturated carbocycles. The first-order valence-electron chi connectivity index (χ1n) is 5.48. The SMILES string of the molecule is CNc1cc(C(=O)N(C)CC(C)C#N)c(Cl)cn1. The first-order chi connectivity index (χ1) is 8.49. The Hall–Kier alpha value is -1.80. The normalized spacial score (nSPS) is 11.5. The van der Waals surface area contributed by atoms with E-state index in [2.05, 4.69) is 16.4 Å². The first-order valence-corrected chi connectivity index (χ1v) is 5.85. The number of nitrogens with one attached hydrogen (secondary N) is 1. The fraction of sp³-hybridized carbons (Fsp3) is 0.417. The molecule has 1 unspecified atom stereocenters. The molecule has 5 nitrogen and oxygen atoms in total. The summed E-state index contributed by atoms with van der Waals surface area (Å²) >= 11 is 5.96. The first kappa shape index (κ1) is 14.3. The summed E-state index contributed by atoms with van der Waals surface area (Å²) in [6.45, 7) is 2.12. The largest absolute Gasteiger partial charge is 0.373 e. The fourth-order valence-corrected chi connectivity index (χ4v) is 1.66. The van der Waals surface area contributed by atoms with Gasteiger partial charge in [0, 0.05) is 26.8 Å². The van der Waals surface area contributed by atoms with E-state index in [9.17, 15) is 4.79 Å². The van der Waals surface area contributed by atoms with Gasteiger partial charge < -0.3 is 10.2 Å². The molecule has 0 fully saturated rings. The maximum atomic E-state index is 12.2. The summed E-state index contributed by atoms with van der Waals surface area (Å²) in [6.07, 6.45) is 1.43. The summed E-state index contributed by atoms with van der Waals surface area (Å²) in [7, 11) is 3.36. The van der Waals surface area contributed by atoms with Crippen molar-refractivity contribution in [2.45, 2.75) is 6.92 Å². The quantitative estimate of drug-likeness (QED) is 0.905. The van der Waals surface area contributed by atoms with Gasteiger partial charge in [0.25, 0.3) is 5.91 Å². The van der Waals surface area contributed by atoms with Crippen LogP contribution in [0.25, 0.3) is 0 Å². The highest BCUT2D eigenvalue weighted by Gasteiger charge is 2.17. The third-order valence-corrected chi connectivity index (χ3v) is 2.76. The highest BCUT2D eigenvalue weighted by Crippen LogP contribution is 2.19. The third kappa shape index (κ3) is 3.34. The van der Waals surface area contributed by atoms with Gasteiger partial charge in [0.1, 0.15) is 5.82 Å². The van der Waals surface area contributed by atoms with Crippen LogP contribution in [0, 0.1) is 17.2 Å². The maximum Gasteiger partial charge on any atom is 0.255 e. The van der Waals surface area contributed by atoms with Crippen molar-refractivity contribution in [3.05, 3.63) is 22.8 Å². The molecule has 0 bridgehead atoms. The van der Waals surface area contributed by atoms with Gasteiger partial charge in [-0.25, -0.2) is 4.98 Å². The molecule has 1 N–H and O–H groups in total.